The molecule has 17 heteroatoms. The van der Waals surface area contributed by atoms with Crippen molar-refractivity contribution in [3.8, 4) is 0 Å². The van der Waals surface area contributed by atoms with Crippen LogP contribution in [0.1, 0.15) is 73.4 Å². The second-order valence-electron chi connectivity index (χ2n) is 12.4. The second-order valence-corrected chi connectivity index (χ2v) is 14.7. The van der Waals surface area contributed by atoms with Gasteiger partial charge in [0.2, 0.25) is 5.28 Å². The first-order valence-electron chi connectivity index (χ1n) is 16.1. The first kappa shape index (κ1) is 38.7. The third-order valence-corrected chi connectivity index (χ3v) is 9.88. The van der Waals surface area contributed by atoms with Crippen molar-refractivity contribution in [2.75, 3.05) is 24.9 Å². The maximum Gasteiger partial charge on any atom is 0.424 e. The number of carbonyl (C=O) groups is 3. The monoisotopic (exact) mass is 744 g/mol. The number of esters is 1. The van der Waals surface area contributed by atoms with Crippen LogP contribution in [0.2, 0.25) is 5.02 Å². The number of halogens is 1. The van der Waals surface area contributed by atoms with Crippen LogP contribution in [0.25, 0.3) is 0 Å². The number of fused-ring (bicyclic) bond motifs is 1. The Morgan fingerprint density at radius 1 is 1.06 bits per heavy atom. The minimum absolute atomic E-state index is 0.0364. The lowest BCUT2D eigenvalue weighted by Crippen LogP contribution is -2.45. The van der Waals surface area contributed by atoms with E-state index < -0.39 is 51.8 Å². The summed E-state index contributed by atoms with van der Waals surface area (Å²) in [4.78, 5) is 44.6. The highest BCUT2D eigenvalue weighted by Gasteiger charge is 2.36. The molecule has 51 heavy (non-hydrogen) atoms. The van der Waals surface area contributed by atoms with E-state index in [0.717, 1.165) is 17.3 Å². The highest BCUT2D eigenvalue weighted by atomic mass is 35.5. The van der Waals surface area contributed by atoms with Crippen LogP contribution in [0.4, 0.5) is 10.5 Å². The Morgan fingerprint density at radius 3 is 2.41 bits per heavy atom. The van der Waals surface area contributed by atoms with Crippen molar-refractivity contribution >= 4 is 45.3 Å². The van der Waals surface area contributed by atoms with Gasteiger partial charge < -0.3 is 19.5 Å². The Morgan fingerprint density at radius 2 is 1.73 bits per heavy atom. The van der Waals surface area contributed by atoms with Gasteiger partial charge in [-0.15, -0.1) is 5.01 Å². The zero-order chi connectivity index (χ0) is 37.5. The van der Waals surface area contributed by atoms with Gasteiger partial charge in [-0.05, 0) is 89.4 Å². The van der Waals surface area contributed by atoms with Gasteiger partial charge in [-0.2, -0.15) is 4.31 Å². The first-order chi connectivity index (χ1) is 24.1. The number of amides is 2. The third-order valence-electron chi connectivity index (χ3n) is 7.68. The van der Waals surface area contributed by atoms with Crippen LogP contribution in [0, 0.1) is 5.21 Å². The van der Waals surface area contributed by atoms with Crippen molar-refractivity contribution in [2.45, 2.75) is 71.0 Å². The van der Waals surface area contributed by atoms with E-state index in [1.54, 1.807) is 39.6 Å². The maximum absolute atomic E-state index is 14.3. The Bertz CT molecular complexity index is 1900. The number of sulfonamides is 1. The average molecular weight is 745 g/mol. The van der Waals surface area contributed by atoms with Gasteiger partial charge in [-0.1, -0.05) is 48.0 Å². The number of para-hydroxylation sites is 1. The van der Waals surface area contributed by atoms with Crippen molar-refractivity contribution < 1.29 is 42.1 Å². The predicted molar refractivity (Wildman–Crippen MR) is 187 cm³/mol. The molecule has 3 aromatic rings. The summed E-state index contributed by atoms with van der Waals surface area (Å²) in [5.74, 6) is -1.55. The van der Waals surface area contributed by atoms with E-state index in [9.17, 15) is 28.0 Å². The predicted octanol–water partition coefficient (Wildman–Crippen LogP) is 5.83. The van der Waals surface area contributed by atoms with Gasteiger partial charge in [-0.25, -0.2) is 18.0 Å². The molecular weight excluding hydrogens is 704 g/mol. The molecule has 2 amide bonds. The van der Waals surface area contributed by atoms with Crippen molar-refractivity contribution in [2.24, 2.45) is 5.28 Å². The van der Waals surface area contributed by atoms with E-state index in [-0.39, 0.29) is 32.7 Å². The van der Waals surface area contributed by atoms with E-state index in [2.05, 4.69) is 10.7 Å². The molecule has 1 aliphatic heterocycles. The third kappa shape index (κ3) is 9.38. The summed E-state index contributed by atoms with van der Waals surface area (Å²) >= 11 is 6.42. The summed E-state index contributed by atoms with van der Waals surface area (Å²) in [5.41, 5.74) is 3.52. The summed E-state index contributed by atoms with van der Waals surface area (Å²) in [6, 6.07) is 17.1. The second kappa shape index (κ2) is 16.3. The normalized spacial score (nSPS) is 14.4. The molecule has 4 rings (SSSR count). The minimum Gasteiger partial charge on any atom is -0.569 e. The topological polar surface area (TPSA) is 173 Å². The fraction of sp³-hybridized carbons (Fsp3) is 0.382. The van der Waals surface area contributed by atoms with Gasteiger partial charge in [0.1, 0.15) is 10.5 Å². The quantitative estimate of drug-likeness (QED) is 0.0557. The molecule has 15 nitrogen and oxygen atoms in total. The Kier molecular flexibility index (Phi) is 12.4. The smallest absolute Gasteiger partial charge is 0.424 e. The van der Waals surface area contributed by atoms with Crippen LogP contribution in [-0.2, 0) is 37.3 Å². The van der Waals surface area contributed by atoms with Crippen LogP contribution < -0.4 is 10.4 Å². The number of benzene rings is 3. The van der Waals surface area contributed by atoms with E-state index in [0.29, 0.717) is 23.8 Å². The number of hydrazine groups is 2. The summed E-state index contributed by atoms with van der Waals surface area (Å²) in [5, 5.41) is 18.1. The van der Waals surface area contributed by atoms with Crippen molar-refractivity contribution in [3.63, 3.8) is 0 Å². The number of anilines is 1. The van der Waals surface area contributed by atoms with Gasteiger partial charge in [0.05, 0.1) is 46.9 Å². The molecule has 0 aliphatic carbocycles. The molecule has 0 saturated carbocycles. The van der Waals surface area contributed by atoms with Crippen LogP contribution in [0.5, 0.6) is 0 Å². The zero-order valence-corrected chi connectivity index (χ0v) is 30.7. The lowest BCUT2D eigenvalue weighted by atomic mass is 10.1. The number of hydrogen-bond donors (Lipinski definition) is 1. The summed E-state index contributed by atoms with van der Waals surface area (Å²) in [7, 11) is -4.83. The molecule has 0 fully saturated rings. The zero-order valence-electron chi connectivity index (χ0n) is 29.2. The Hall–Kier alpha value is -5.09. The Labute approximate surface area is 301 Å². The largest absolute Gasteiger partial charge is 0.569 e. The number of nitrogens with zero attached hydrogens (tertiary/aromatic N) is 5. The fourth-order valence-electron chi connectivity index (χ4n) is 5.19. The van der Waals surface area contributed by atoms with E-state index >= 15 is 0 Å². The van der Waals surface area contributed by atoms with E-state index in [1.807, 2.05) is 31.2 Å². The molecule has 1 N–H and O–H groups in total. The number of carbonyl (C=O) groups excluding carboxylic acids is 3. The molecule has 274 valence electrons. The fourth-order valence-corrected chi connectivity index (χ4v) is 6.97. The highest BCUT2D eigenvalue weighted by molar-refractivity contribution is 7.89. The Balaban J connectivity index is 1.62. The van der Waals surface area contributed by atoms with Crippen molar-refractivity contribution in [3.05, 3.63) is 99.2 Å². The van der Waals surface area contributed by atoms with Gasteiger partial charge in [0.25, 0.3) is 22.7 Å². The van der Waals surface area contributed by atoms with E-state index in [1.165, 1.54) is 41.4 Å². The van der Waals surface area contributed by atoms with Crippen LogP contribution in [-0.4, -0.2) is 72.2 Å². The van der Waals surface area contributed by atoms with Crippen LogP contribution in [0.15, 0.2) is 76.9 Å². The molecule has 1 heterocycles. The molecule has 1 unspecified atom stereocenters. The molecule has 0 radical (unpaired) electrons. The average Bonchev–Trinajstić information content (AvgIpc) is 3.39. The summed E-state index contributed by atoms with van der Waals surface area (Å²) in [6.45, 7) is 9.45. The van der Waals surface area contributed by atoms with Crippen molar-refractivity contribution in [1.29, 1.82) is 0 Å². The minimum atomic E-state index is -4.83. The van der Waals surface area contributed by atoms with E-state index in [4.69, 9.17) is 25.9 Å². The maximum atomic E-state index is 14.3. The lowest BCUT2D eigenvalue weighted by molar-refractivity contribution is -0.710. The molecule has 1 aliphatic rings. The van der Waals surface area contributed by atoms with Gasteiger partial charge >= 0.3 is 12.1 Å². The summed E-state index contributed by atoms with van der Waals surface area (Å²) in [6.07, 6.45) is -0.554. The molecule has 1 atom stereocenters. The van der Waals surface area contributed by atoms with Crippen LogP contribution in [0.3, 0.4) is 0 Å². The molecule has 0 spiro atoms. The lowest BCUT2D eigenvalue weighted by Gasteiger charge is -2.28. The molecule has 3 aromatic carbocycles. The number of hydrogen-bond acceptors (Lipinski definition) is 11. The van der Waals surface area contributed by atoms with Crippen molar-refractivity contribution in [1.82, 2.24) is 14.7 Å². The first-order valence-corrected chi connectivity index (χ1v) is 17.9. The number of nitrogens with one attached hydrogen (secondary N) is 1. The van der Waals surface area contributed by atoms with Crippen LogP contribution >= 0.6 is 11.6 Å². The standard InChI is InChI=1S/C34H41ClN6O9S/c1-7-38(8-2)41(45)37-49-22-48-32(43)27-15-11-9-14-26(27)21-39(33(44)50-34(4,5)6)51(46,47)30-20-25(17-18-28(30)35)31(42)36-40-23(3)19-24-13-10-12-16-29(24)40/h9-18,20,23H,7-8,19,21-22H2,1-6H3,(H,36,42). The molecule has 0 aromatic heterocycles. The highest BCUT2D eigenvalue weighted by Crippen LogP contribution is 2.32. The molecule has 0 saturated heterocycles. The van der Waals surface area contributed by atoms with Gasteiger partial charge in [0, 0.05) is 5.56 Å². The number of rotatable bonds is 13. The SMILES string of the molecule is CCN(CC)[N+]([O-])=NOCOC(=O)c1ccccc1CN(C(=O)OC(C)(C)C)S(=O)(=O)c1cc(C(=O)NN2c3ccccc3CC2C)ccc1Cl. The molecule has 0 bridgehead atoms. The van der Waals surface area contributed by atoms with Gasteiger partial charge in [0.15, 0.2) is 0 Å². The van der Waals surface area contributed by atoms with Gasteiger partial charge in [-0.3, -0.25) is 15.2 Å². The molecular formula is C34H41ClN6O9S. The number of ether oxygens (including phenoxy) is 2. The summed E-state index contributed by atoms with van der Waals surface area (Å²) < 4.78 is 39.6.